The summed E-state index contributed by atoms with van der Waals surface area (Å²) in [5.41, 5.74) is 1.73. The molecule has 4 rings (SSSR count). The lowest BCUT2D eigenvalue weighted by Gasteiger charge is -1.98. The minimum atomic E-state index is 0.0232. The highest BCUT2D eigenvalue weighted by Gasteiger charge is 2.08. The maximum Gasteiger partial charge on any atom is 0.185 e. The Balaban J connectivity index is 1.69. The average molecular weight is 393 g/mol. The minimum Gasteiger partial charge on any atom is -0.289 e. The van der Waals surface area contributed by atoms with Crippen LogP contribution in [0, 0.1) is 0 Å². The van der Waals surface area contributed by atoms with Crippen LogP contribution in [0.5, 0.6) is 0 Å². The van der Waals surface area contributed by atoms with Gasteiger partial charge in [0.1, 0.15) is 0 Å². The van der Waals surface area contributed by atoms with Crippen LogP contribution in [0.3, 0.4) is 0 Å². The number of thiophene rings is 1. The summed E-state index contributed by atoms with van der Waals surface area (Å²) in [7, 11) is 0. The standard InChI is InChI=1S/C21H13BrOS/c22-16-9-5-14(6-10-16)7-11-19(23)15-8-12-21-18(13-15)17-3-1-2-4-20(17)24-21/h1-13H/b11-7+. The summed E-state index contributed by atoms with van der Waals surface area (Å²) in [6, 6.07) is 22.2. The fourth-order valence-electron chi connectivity index (χ4n) is 2.72. The molecule has 0 unspecified atom stereocenters. The van der Waals surface area contributed by atoms with E-state index >= 15 is 0 Å². The number of ketones is 1. The van der Waals surface area contributed by atoms with Crippen LogP contribution in [-0.4, -0.2) is 5.78 Å². The molecule has 0 atom stereocenters. The summed E-state index contributed by atoms with van der Waals surface area (Å²) in [4.78, 5) is 12.5. The molecule has 0 fully saturated rings. The predicted molar refractivity (Wildman–Crippen MR) is 107 cm³/mol. The molecule has 3 heteroatoms. The van der Waals surface area contributed by atoms with Gasteiger partial charge in [0.2, 0.25) is 0 Å². The van der Waals surface area contributed by atoms with E-state index in [2.05, 4.69) is 28.1 Å². The molecule has 1 heterocycles. The van der Waals surface area contributed by atoms with E-state index < -0.39 is 0 Å². The maximum absolute atomic E-state index is 12.5. The topological polar surface area (TPSA) is 17.1 Å². The Hall–Kier alpha value is -2.23. The number of hydrogen-bond acceptors (Lipinski definition) is 2. The smallest absolute Gasteiger partial charge is 0.185 e. The molecule has 0 aliphatic rings. The second-order valence-corrected chi connectivity index (χ2v) is 7.56. The van der Waals surface area contributed by atoms with Gasteiger partial charge in [-0.1, -0.05) is 52.3 Å². The van der Waals surface area contributed by atoms with Crippen LogP contribution in [0.2, 0.25) is 0 Å². The molecule has 1 nitrogen and oxygen atoms in total. The number of carbonyl (C=O) groups excluding carboxylic acids is 1. The van der Waals surface area contributed by atoms with Crippen molar-refractivity contribution in [2.24, 2.45) is 0 Å². The highest BCUT2D eigenvalue weighted by molar-refractivity contribution is 9.10. The molecule has 4 aromatic rings. The van der Waals surface area contributed by atoms with Crippen molar-refractivity contribution in [3.05, 3.63) is 88.4 Å². The van der Waals surface area contributed by atoms with Crippen LogP contribution in [0.25, 0.3) is 26.2 Å². The molecular weight excluding hydrogens is 380 g/mol. The quantitative estimate of drug-likeness (QED) is 0.279. The van der Waals surface area contributed by atoms with Gasteiger partial charge < -0.3 is 0 Å². The minimum absolute atomic E-state index is 0.0232. The zero-order chi connectivity index (χ0) is 16.5. The van der Waals surface area contributed by atoms with Gasteiger partial charge in [-0.05, 0) is 48.0 Å². The van der Waals surface area contributed by atoms with E-state index in [1.165, 1.54) is 14.8 Å². The molecule has 0 bridgehead atoms. The predicted octanol–water partition coefficient (Wildman–Crippen LogP) is 6.71. The number of rotatable bonds is 3. The van der Waals surface area contributed by atoms with Crippen molar-refractivity contribution < 1.29 is 4.79 Å². The Labute approximate surface area is 152 Å². The molecule has 1 aromatic heterocycles. The first-order chi connectivity index (χ1) is 11.7. The third-order valence-corrected chi connectivity index (χ3v) is 5.64. The molecule has 116 valence electrons. The number of benzene rings is 3. The molecule has 0 aliphatic carbocycles. The summed E-state index contributed by atoms with van der Waals surface area (Å²) >= 11 is 5.17. The summed E-state index contributed by atoms with van der Waals surface area (Å²) in [5, 5.41) is 2.36. The number of halogens is 1. The summed E-state index contributed by atoms with van der Waals surface area (Å²) in [6.07, 6.45) is 3.49. The first-order valence-corrected chi connectivity index (χ1v) is 9.21. The third kappa shape index (κ3) is 2.93. The lowest BCUT2D eigenvalue weighted by atomic mass is 10.1. The second-order valence-electron chi connectivity index (χ2n) is 5.56. The van der Waals surface area contributed by atoms with Crippen LogP contribution in [0.1, 0.15) is 15.9 Å². The van der Waals surface area contributed by atoms with Crippen molar-refractivity contribution in [2.45, 2.75) is 0 Å². The van der Waals surface area contributed by atoms with Gasteiger partial charge in [0, 0.05) is 30.2 Å². The Bertz CT molecular complexity index is 1070. The fraction of sp³-hybridized carbons (Fsp3) is 0. The second kappa shape index (κ2) is 6.34. The van der Waals surface area contributed by atoms with Crippen LogP contribution < -0.4 is 0 Å². The molecule has 0 saturated carbocycles. The molecule has 0 N–H and O–H groups in total. The summed E-state index contributed by atoms with van der Waals surface area (Å²) in [6.45, 7) is 0. The number of fused-ring (bicyclic) bond motifs is 3. The van der Waals surface area contributed by atoms with Gasteiger partial charge in [0.15, 0.2) is 5.78 Å². The number of carbonyl (C=O) groups is 1. The fourth-order valence-corrected chi connectivity index (χ4v) is 4.07. The van der Waals surface area contributed by atoms with Gasteiger partial charge in [-0.2, -0.15) is 0 Å². The first kappa shape index (κ1) is 15.3. The third-order valence-electron chi connectivity index (χ3n) is 3.96. The van der Waals surface area contributed by atoms with Crippen LogP contribution >= 0.6 is 27.3 Å². The molecule has 0 spiro atoms. The van der Waals surface area contributed by atoms with Crippen LogP contribution in [-0.2, 0) is 0 Å². The Morgan fingerprint density at radius 2 is 1.62 bits per heavy atom. The van der Waals surface area contributed by atoms with Crippen LogP contribution in [0.4, 0.5) is 0 Å². The molecule has 3 aromatic carbocycles. The van der Waals surface area contributed by atoms with Crippen molar-refractivity contribution in [2.75, 3.05) is 0 Å². The maximum atomic E-state index is 12.5. The highest BCUT2D eigenvalue weighted by atomic mass is 79.9. The number of allylic oxidation sites excluding steroid dienone is 1. The summed E-state index contributed by atoms with van der Waals surface area (Å²) < 4.78 is 3.49. The van der Waals surface area contributed by atoms with Gasteiger partial charge in [-0.25, -0.2) is 0 Å². The average Bonchev–Trinajstić information content (AvgIpc) is 2.99. The SMILES string of the molecule is O=C(/C=C/c1ccc(Br)cc1)c1ccc2sc3ccccc3c2c1. The first-order valence-electron chi connectivity index (χ1n) is 7.60. The lowest BCUT2D eigenvalue weighted by molar-refractivity contribution is 0.104. The van der Waals surface area contributed by atoms with Gasteiger partial charge in [-0.15, -0.1) is 11.3 Å². The molecule has 0 radical (unpaired) electrons. The normalized spacial score (nSPS) is 11.5. The highest BCUT2D eigenvalue weighted by Crippen LogP contribution is 2.34. The van der Waals surface area contributed by atoms with Crippen molar-refractivity contribution in [3.8, 4) is 0 Å². The van der Waals surface area contributed by atoms with Crippen molar-refractivity contribution in [1.82, 2.24) is 0 Å². The van der Waals surface area contributed by atoms with Crippen molar-refractivity contribution in [1.29, 1.82) is 0 Å². The molecule has 0 amide bonds. The van der Waals surface area contributed by atoms with Crippen molar-refractivity contribution in [3.63, 3.8) is 0 Å². The van der Waals surface area contributed by atoms with Crippen LogP contribution in [0.15, 0.2) is 77.3 Å². The monoisotopic (exact) mass is 392 g/mol. The lowest BCUT2D eigenvalue weighted by Crippen LogP contribution is -1.93. The molecule has 0 saturated heterocycles. The van der Waals surface area contributed by atoms with Gasteiger partial charge in [0.25, 0.3) is 0 Å². The largest absolute Gasteiger partial charge is 0.289 e. The molecule has 0 aliphatic heterocycles. The van der Waals surface area contributed by atoms with Gasteiger partial charge >= 0.3 is 0 Å². The van der Waals surface area contributed by atoms with E-state index in [0.717, 1.165) is 21.0 Å². The van der Waals surface area contributed by atoms with E-state index in [9.17, 15) is 4.79 Å². The van der Waals surface area contributed by atoms with Gasteiger partial charge in [0.05, 0.1) is 0 Å². The zero-order valence-corrected chi connectivity index (χ0v) is 15.1. The Kier molecular flexibility index (Phi) is 4.05. The zero-order valence-electron chi connectivity index (χ0n) is 12.7. The van der Waals surface area contributed by atoms with E-state index in [4.69, 9.17) is 0 Å². The molecule has 24 heavy (non-hydrogen) atoms. The van der Waals surface area contributed by atoms with E-state index in [0.29, 0.717) is 0 Å². The summed E-state index contributed by atoms with van der Waals surface area (Å²) in [5.74, 6) is 0.0232. The van der Waals surface area contributed by atoms with E-state index in [-0.39, 0.29) is 5.78 Å². The van der Waals surface area contributed by atoms with E-state index in [1.54, 1.807) is 17.4 Å². The Morgan fingerprint density at radius 1 is 0.875 bits per heavy atom. The van der Waals surface area contributed by atoms with E-state index in [1.807, 2.05) is 60.7 Å². The Morgan fingerprint density at radius 3 is 2.46 bits per heavy atom. The number of hydrogen-bond donors (Lipinski definition) is 0. The molecular formula is C21H13BrOS. The van der Waals surface area contributed by atoms with Crippen molar-refractivity contribution >= 4 is 59.3 Å². The van der Waals surface area contributed by atoms with Gasteiger partial charge in [-0.3, -0.25) is 4.79 Å².